The van der Waals surface area contributed by atoms with Crippen LogP contribution in [0.1, 0.15) is 0 Å². The third kappa shape index (κ3) is 2.00. The van der Waals surface area contributed by atoms with Gasteiger partial charge in [-0.05, 0) is 12.1 Å². The molecule has 0 radical (unpaired) electrons. The van der Waals surface area contributed by atoms with E-state index in [0.717, 1.165) is 5.39 Å². The van der Waals surface area contributed by atoms with Gasteiger partial charge in [-0.2, -0.15) is 0 Å². The predicted molar refractivity (Wildman–Crippen MR) is 67.4 cm³/mol. The summed E-state index contributed by atoms with van der Waals surface area (Å²) in [5.41, 5.74) is 1.16. The zero-order chi connectivity index (χ0) is 13.4. The summed E-state index contributed by atoms with van der Waals surface area (Å²) in [5, 5.41) is 10.1. The van der Waals surface area contributed by atoms with Crippen molar-refractivity contribution in [1.82, 2.24) is 0 Å². The zero-order valence-corrected chi connectivity index (χ0v) is 10.3. The van der Waals surface area contributed by atoms with Gasteiger partial charge in [0.1, 0.15) is 23.7 Å². The van der Waals surface area contributed by atoms with Crippen molar-refractivity contribution in [3.05, 3.63) is 24.5 Å². The smallest absolute Gasteiger partial charge is 0.414 e. The molecule has 100 valence electrons. The lowest BCUT2D eigenvalue weighted by atomic mass is 10.2. The van der Waals surface area contributed by atoms with Gasteiger partial charge in [0.25, 0.3) is 0 Å². The monoisotopic (exact) mass is 263 g/mol. The third-order valence-corrected chi connectivity index (χ3v) is 3.06. The highest BCUT2D eigenvalue weighted by Crippen LogP contribution is 2.33. The third-order valence-electron chi connectivity index (χ3n) is 3.06. The fourth-order valence-corrected chi connectivity index (χ4v) is 2.20. The van der Waals surface area contributed by atoms with Crippen LogP contribution in [0.4, 0.5) is 10.5 Å². The van der Waals surface area contributed by atoms with Crippen molar-refractivity contribution >= 4 is 22.7 Å². The second-order valence-electron chi connectivity index (χ2n) is 4.37. The van der Waals surface area contributed by atoms with Crippen molar-refractivity contribution in [2.75, 3.05) is 25.2 Å². The first kappa shape index (κ1) is 11.9. The van der Waals surface area contributed by atoms with Gasteiger partial charge < -0.3 is 19.0 Å². The van der Waals surface area contributed by atoms with Crippen LogP contribution < -0.4 is 4.90 Å². The minimum atomic E-state index is -0.419. The molecule has 0 aliphatic carbocycles. The SMILES string of the molecule is COC[C@H]1CN(c2coc3cc(O)ccc23)C(=O)O1. The largest absolute Gasteiger partial charge is 0.508 e. The van der Waals surface area contributed by atoms with Gasteiger partial charge in [-0.3, -0.25) is 4.90 Å². The molecule has 3 rings (SSSR count). The number of carbonyl (C=O) groups is 1. The molecule has 1 aromatic heterocycles. The van der Waals surface area contributed by atoms with Crippen LogP contribution in [0.5, 0.6) is 5.75 Å². The number of cyclic esters (lactones) is 1. The lowest BCUT2D eigenvalue weighted by Gasteiger charge is -2.10. The van der Waals surface area contributed by atoms with Crippen LogP contribution in [0.25, 0.3) is 11.0 Å². The summed E-state index contributed by atoms with van der Waals surface area (Å²) in [6.45, 7) is 0.779. The standard InChI is InChI=1S/C13H13NO5/c1-17-6-9-5-14(13(16)19-9)11-7-18-12-4-8(15)2-3-10(11)12/h2-4,7,9,15H,5-6H2,1H3/t9-/m1/s1. The maximum atomic E-state index is 11.8. The van der Waals surface area contributed by atoms with Gasteiger partial charge >= 0.3 is 6.09 Å². The fourth-order valence-electron chi connectivity index (χ4n) is 2.20. The van der Waals surface area contributed by atoms with Gasteiger partial charge in [0.2, 0.25) is 0 Å². The van der Waals surface area contributed by atoms with Crippen molar-refractivity contribution in [3.8, 4) is 5.75 Å². The Morgan fingerprint density at radius 3 is 3.16 bits per heavy atom. The molecule has 1 aromatic carbocycles. The van der Waals surface area contributed by atoms with Crippen LogP contribution in [0.2, 0.25) is 0 Å². The maximum Gasteiger partial charge on any atom is 0.414 e. The minimum Gasteiger partial charge on any atom is -0.508 e. The number of phenols is 1. The van der Waals surface area contributed by atoms with E-state index in [2.05, 4.69) is 0 Å². The fraction of sp³-hybridized carbons (Fsp3) is 0.308. The molecule has 0 saturated carbocycles. The Morgan fingerprint density at radius 1 is 1.53 bits per heavy atom. The van der Waals surface area contributed by atoms with Gasteiger partial charge in [0.05, 0.1) is 18.8 Å². The number of fused-ring (bicyclic) bond motifs is 1. The summed E-state index contributed by atoms with van der Waals surface area (Å²) < 4.78 is 15.5. The van der Waals surface area contributed by atoms with Crippen molar-refractivity contribution in [3.63, 3.8) is 0 Å². The predicted octanol–water partition coefficient (Wildman–Crippen LogP) is 2.11. The number of nitrogens with zero attached hydrogens (tertiary/aromatic N) is 1. The molecular weight excluding hydrogens is 250 g/mol. The average Bonchev–Trinajstić information content (AvgIpc) is 2.93. The molecule has 1 aliphatic heterocycles. The van der Waals surface area contributed by atoms with E-state index in [9.17, 15) is 9.90 Å². The minimum absolute atomic E-state index is 0.120. The molecule has 0 unspecified atom stereocenters. The van der Waals surface area contributed by atoms with E-state index in [4.69, 9.17) is 13.9 Å². The van der Waals surface area contributed by atoms with Crippen molar-refractivity contribution in [2.45, 2.75) is 6.10 Å². The highest BCUT2D eigenvalue weighted by molar-refractivity contribution is 6.01. The number of furan rings is 1. The van der Waals surface area contributed by atoms with Crippen molar-refractivity contribution in [1.29, 1.82) is 0 Å². The van der Waals surface area contributed by atoms with Crippen LogP contribution in [0.15, 0.2) is 28.9 Å². The van der Waals surface area contributed by atoms with Crippen molar-refractivity contribution in [2.24, 2.45) is 0 Å². The molecule has 1 fully saturated rings. The Morgan fingerprint density at radius 2 is 2.37 bits per heavy atom. The number of benzene rings is 1. The summed E-state index contributed by atoms with van der Waals surface area (Å²) >= 11 is 0. The Kier molecular flexibility index (Phi) is 2.79. The average molecular weight is 263 g/mol. The molecule has 2 aromatic rings. The Labute approximate surface area is 109 Å². The molecule has 0 spiro atoms. The number of rotatable bonds is 3. The topological polar surface area (TPSA) is 72.1 Å². The molecule has 19 heavy (non-hydrogen) atoms. The normalized spacial score (nSPS) is 19.1. The highest BCUT2D eigenvalue weighted by atomic mass is 16.6. The van der Waals surface area contributed by atoms with Gasteiger partial charge in [0.15, 0.2) is 0 Å². The van der Waals surface area contributed by atoms with Gasteiger partial charge in [-0.1, -0.05) is 0 Å². The van der Waals surface area contributed by atoms with Crippen LogP contribution in [-0.2, 0) is 9.47 Å². The lowest BCUT2D eigenvalue weighted by Crippen LogP contribution is -2.25. The number of hydrogen-bond donors (Lipinski definition) is 1. The number of carbonyl (C=O) groups excluding carboxylic acids is 1. The first-order chi connectivity index (χ1) is 9.19. The number of anilines is 1. The molecule has 1 aliphatic rings. The van der Waals surface area contributed by atoms with Crippen LogP contribution in [0.3, 0.4) is 0 Å². The zero-order valence-electron chi connectivity index (χ0n) is 10.3. The molecule has 1 saturated heterocycles. The summed E-state index contributed by atoms with van der Waals surface area (Å²) in [6, 6.07) is 4.77. The van der Waals surface area contributed by atoms with Crippen LogP contribution in [0, 0.1) is 0 Å². The molecular formula is C13H13NO5. The van der Waals surface area contributed by atoms with Crippen molar-refractivity contribution < 1.29 is 23.8 Å². The number of amides is 1. The lowest BCUT2D eigenvalue weighted by molar-refractivity contribution is 0.0718. The second kappa shape index (κ2) is 4.47. The Bertz CT molecular complexity index is 621. The van der Waals surface area contributed by atoms with Crippen LogP contribution >= 0.6 is 0 Å². The Hall–Kier alpha value is -2.21. The van der Waals surface area contributed by atoms with E-state index in [0.29, 0.717) is 24.4 Å². The van der Waals surface area contributed by atoms with E-state index in [1.165, 1.54) is 17.2 Å². The van der Waals surface area contributed by atoms with Gasteiger partial charge in [0, 0.05) is 18.6 Å². The van der Waals surface area contributed by atoms with E-state index < -0.39 is 6.09 Å². The van der Waals surface area contributed by atoms with Gasteiger partial charge in [-0.15, -0.1) is 0 Å². The maximum absolute atomic E-state index is 11.8. The summed E-state index contributed by atoms with van der Waals surface area (Å²) in [5.74, 6) is 0.120. The quantitative estimate of drug-likeness (QED) is 0.918. The highest BCUT2D eigenvalue weighted by Gasteiger charge is 2.34. The summed E-state index contributed by atoms with van der Waals surface area (Å²) in [7, 11) is 1.56. The number of phenolic OH excluding ortho intramolecular Hbond substituents is 1. The molecule has 6 heteroatoms. The first-order valence-electron chi connectivity index (χ1n) is 5.86. The summed E-state index contributed by atoms with van der Waals surface area (Å²) in [6.07, 6.45) is 0.790. The summed E-state index contributed by atoms with van der Waals surface area (Å²) in [4.78, 5) is 13.3. The van der Waals surface area contributed by atoms with E-state index in [-0.39, 0.29) is 11.9 Å². The van der Waals surface area contributed by atoms with E-state index in [1.54, 1.807) is 19.2 Å². The molecule has 0 bridgehead atoms. The number of methoxy groups -OCH3 is 1. The Balaban J connectivity index is 1.94. The first-order valence-corrected chi connectivity index (χ1v) is 5.86. The molecule has 6 nitrogen and oxygen atoms in total. The van der Waals surface area contributed by atoms with Crippen LogP contribution in [-0.4, -0.2) is 37.6 Å². The molecule has 1 atom stereocenters. The molecule has 1 N–H and O–H groups in total. The molecule has 1 amide bonds. The number of aromatic hydroxyl groups is 1. The van der Waals surface area contributed by atoms with E-state index >= 15 is 0 Å². The number of hydrogen-bond acceptors (Lipinski definition) is 5. The number of ether oxygens (including phenoxy) is 2. The molecule has 2 heterocycles. The second-order valence-corrected chi connectivity index (χ2v) is 4.37. The van der Waals surface area contributed by atoms with E-state index in [1.807, 2.05) is 0 Å². The van der Waals surface area contributed by atoms with Gasteiger partial charge in [-0.25, -0.2) is 4.79 Å².